The highest BCUT2D eigenvalue weighted by Gasteiger charge is 2.38. The van der Waals surface area contributed by atoms with Crippen LogP contribution in [0, 0.1) is 0 Å². The predicted octanol–water partition coefficient (Wildman–Crippen LogP) is 4.85. The summed E-state index contributed by atoms with van der Waals surface area (Å²) in [6, 6.07) is 6.08. The molecule has 2 aliphatic rings. The van der Waals surface area contributed by atoms with Crippen LogP contribution in [0.3, 0.4) is 0 Å². The molecule has 3 rings (SSSR count). The fraction of sp³-hybridized carbons (Fsp3) is 0.600. The average molecular weight is 332 g/mol. The van der Waals surface area contributed by atoms with Crippen LogP contribution in [0.5, 0.6) is 0 Å². The molecule has 1 aromatic carbocycles. The number of nitrogens with one attached hydrogen (secondary N) is 1. The summed E-state index contributed by atoms with van der Waals surface area (Å²) in [5, 5.41) is 4.93. The van der Waals surface area contributed by atoms with Gasteiger partial charge >= 0.3 is 0 Å². The highest BCUT2D eigenvalue weighted by atomic mass is 35.5. The molecule has 0 radical (unpaired) electrons. The number of hydrogen-bond donors (Lipinski definition) is 1. The molecule has 0 aromatic heterocycles. The molecule has 20 heavy (non-hydrogen) atoms. The number of ether oxygens (including phenoxy) is 1. The van der Waals surface area contributed by atoms with E-state index in [1.165, 1.54) is 24.3 Å². The highest BCUT2D eigenvalue weighted by molar-refractivity contribution is 7.99. The molecule has 2 fully saturated rings. The van der Waals surface area contributed by atoms with Crippen molar-refractivity contribution in [2.75, 3.05) is 23.4 Å². The van der Waals surface area contributed by atoms with Gasteiger partial charge in [-0.25, -0.2) is 0 Å². The Balaban J connectivity index is 1.67. The Morgan fingerprint density at radius 3 is 2.55 bits per heavy atom. The minimum atomic E-state index is 0.101. The monoisotopic (exact) mass is 331 g/mol. The van der Waals surface area contributed by atoms with Crippen LogP contribution in [-0.4, -0.2) is 29.8 Å². The maximum atomic E-state index is 6.12. The lowest BCUT2D eigenvalue weighted by atomic mass is 9.85. The zero-order chi connectivity index (χ0) is 14.0. The molecule has 1 N–H and O–H groups in total. The first-order valence-corrected chi connectivity index (χ1v) is 9.01. The maximum Gasteiger partial charge on any atom is 0.0717 e. The Kier molecular flexibility index (Phi) is 4.71. The van der Waals surface area contributed by atoms with Crippen LogP contribution in [0.4, 0.5) is 5.69 Å². The van der Waals surface area contributed by atoms with Crippen LogP contribution >= 0.6 is 35.0 Å². The van der Waals surface area contributed by atoms with Crippen molar-refractivity contribution in [2.45, 2.75) is 37.3 Å². The van der Waals surface area contributed by atoms with E-state index >= 15 is 0 Å². The lowest BCUT2D eigenvalue weighted by Crippen LogP contribution is -2.46. The van der Waals surface area contributed by atoms with Crippen molar-refractivity contribution < 1.29 is 4.74 Å². The standard InChI is InChI=1S/C15H19Cl2NOS/c16-11-7-12(17)9-14(8-11)18-13-1-4-19-15(10-13)2-5-20-6-3-15/h7-9,13,18H,1-6,10H2. The number of benzene rings is 1. The van der Waals surface area contributed by atoms with Crippen LogP contribution in [0.25, 0.3) is 0 Å². The number of thioether (sulfide) groups is 1. The Hall–Kier alpha value is -0.0900. The van der Waals surface area contributed by atoms with Gasteiger partial charge < -0.3 is 10.1 Å². The summed E-state index contributed by atoms with van der Waals surface area (Å²) in [7, 11) is 0. The van der Waals surface area contributed by atoms with Gasteiger partial charge in [-0.15, -0.1) is 0 Å². The summed E-state index contributed by atoms with van der Waals surface area (Å²) in [4.78, 5) is 0. The first-order valence-electron chi connectivity index (χ1n) is 7.10. The number of halogens is 2. The van der Waals surface area contributed by atoms with Gasteiger partial charge in [0.05, 0.1) is 5.60 Å². The topological polar surface area (TPSA) is 21.3 Å². The molecule has 0 saturated carbocycles. The van der Waals surface area contributed by atoms with Crippen molar-refractivity contribution in [3.05, 3.63) is 28.2 Å². The van der Waals surface area contributed by atoms with E-state index in [0.717, 1.165) is 25.1 Å². The molecular weight excluding hydrogens is 313 g/mol. The van der Waals surface area contributed by atoms with Gasteiger partial charge in [0.25, 0.3) is 0 Å². The van der Waals surface area contributed by atoms with E-state index in [0.29, 0.717) is 16.1 Å². The average Bonchev–Trinajstić information content (AvgIpc) is 2.38. The lowest BCUT2D eigenvalue weighted by Gasteiger charge is -2.43. The molecule has 2 nitrogen and oxygen atoms in total. The van der Waals surface area contributed by atoms with Crippen molar-refractivity contribution in [1.29, 1.82) is 0 Å². The molecule has 2 heterocycles. The van der Waals surface area contributed by atoms with Crippen LogP contribution in [0.1, 0.15) is 25.7 Å². The number of hydrogen-bond acceptors (Lipinski definition) is 3. The van der Waals surface area contributed by atoms with Gasteiger partial charge in [-0.3, -0.25) is 0 Å². The Morgan fingerprint density at radius 2 is 1.85 bits per heavy atom. The van der Waals surface area contributed by atoms with Crippen molar-refractivity contribution in [2.24, 2.45) is 0 Å². The van der Waals surface area contributed by atoms with E-state index in [9.17, 15) is 0 Å². The number of rotatable bonds is 2. The maximum absolute atomic E-state index is 6.12. The summed E-state index contributed by atoms with van der Waals surface area (Å²) >= 11 is 14.2. The Labute approximate surface area is 134 Å². The molecule has 2 saturated heterocycles. The van der Waals surface area contributed by atoms with E-state index in [2.05, 4.69) is 5.32 Å². The zero-order valence-electron chi connectivity index (χ0n) is 11.3. The van der Waals surface area contributed by atoms with E-state index < -0.39 is 0 Å². The molecule has 5 heteroatoms. The SMILES string of the molecule is Clc1cc(Cl)cc(NC2CCOC3(CCSCC3)C2)c1. The van der Waals surface area contributed by atoms with Crippen LogP contribution < -0.4 is 5.32 Å². The molecule has 0 amide bonds. The fourth-order valence-electron chi connectivity index (χ4n) is 3.12. The summed E-state index contributed by atoms with van der Waals surface area (Å²) < 4.78 is 6.12. The van der Waals surface area contributed by atoms with Gasteiger partial charge in [0.2, 0.25) is 0 Å². The zero-order valence-corrected chi connectivity index (χ0v) is 13.7. The van der Waals surface area contributed by atoms with E-state index in [1.807, 2.05) is 23.9 Å². The third-order valence-corrected chi connectivity index (χ3v) is 5.55. The van der Waals surface area contributed by atoms with E-state index in [4.69, 9.17) is 27.9 Å². The second-order valence-corrected chi connectivity index (χ2v) is 7.73. The smallest absolute Gasteiger partial charge is 0.0717 e. The van der Waals surface area contributed by atoms with Gasteiger partial charge in [0.1, 0.15) is 0 Å². The molecule has 1 atom stereocenters. The quantitative estimate of drug-likeness (QED) is 0.836. The van der Waals surface area contributed by atoms with Crippen LogP contribution in [-0.2, 0) is 4.74 Å². The Morgan fingerprint density at radius 1 is 1.15 bits per heavy atom. The summed E-state index contributed by atoms with van der Waals surface area (Å²) in [5.74, 6) is 2.44. The second kappa shape index (κ2) is 6.35. The summed E-state index contributed by atoms with van der Waals surface area (Å²) in [5.41, 5.74) is 1.11. The lowest BCUT2D eigenvalue weighted by molar-refractivity contribution is -0.0865. The molecule has 1 aromatic rings. The highest BCUT2D eigenvalue weighted by Crippen LogP contribution is 2.38. The molecule has 110 valence electrons. The van der Waals surface area contributed by atoms with Gasteiger partial charge in [-0.1, -0.05) is 23.2 Å². The van der Waals surface area contributed by atoms with Crippen molar-refractivity contribution in [3.8, 4) is 0 Å². The molecule has 0 bridgehead atoms. The predicted molar refractivity (Wildman–Crippen MR) is 88.3 cm³/mol. The third kappa shape index (κ3) is 3.56. The molecule has 0 aliphatic carbocycles. The first kappa shape index (κ1) is 14.8. The van der Waals surface area contributed by atoms with Gasteiger partial charge in [0.15, 0.2) is 0 Å². The summed E-state index contributed by atoms with van der Waals surface area (Å²) in [6.45, 7) is 0.844. The van der Waals surface area contributed by atoms with E-state index in [1.54, 1.807) is 6.07 Å². The van der Waals surface area contributed by atoms with Crippen LogP contribution in [0.15, 0.2) is 18.2 Å². The van der Waals surface area contributed by atoms with Crippen LogP contribution in [0.2, 0.25) is 10.0 Å². The van der Waals surface area contributed by atoms with Gasteiger partial charge in [-0.2, -0.15) is 11.8 Å². The third-order valence-electron chi connectivity index (χ3n) is 4.13. The minimum Gasteiger partial charge on any atom is -0.382 e. The molecule has 1 spiro atoms. The normalized spacial score (nSPS) is 25.6. The Bertz CT molecular complexity index is 451. The van der Waals surface area contributed by atoms with Crippen molar-refractivity contribution in [1.82, 2.24) is 0 Å². The molecule has 1 unspecified atom stereocenters. The summed E-state index contributed by atoms with van der Waals surface area (Å²) in [6.07, 6.45) is 4.47. The minimum absolute atomic E-state index is 0.101. The van der Waals surface area contributed by atoms with E-state index in [-0.39, 0.29) is 5.60 Å². The van der Waals surface area contributed by atoms with Crippen molar-refractivity contribution in [3.63, 3.8) is 0 Å². The van der Waals surface area contributed by atoms with Gasteiger partial charge in [0, 0.05) is 28.4 Å². The first-order chi connectivity index (χ1) is 9.65. The molecular formula is C15H19Cl2NOS. The fourth-order valence-corrected chi connectivity index (χ4v) is 4.88. The van der Waals surface area contributed by atoms with Crippen molar-refractivity contribution >= 4 is 40.7 Å². The number of anilines is 1. The van der Waals surface area contributed by atoms with Gasteiger partial charge in [-0.05, 0) is 55.4 Å². The molecule has 2 aliphatic heterocycles. The largest absolute Gasteiger partial charge is 0.382 e. The second-order valence-electron chi connectivity index (χ2n) is 5.64.